The molecule has 0 radical (unpaired) electrons. The molecule has 1 fully saturated rings. The molecule has 142 valence electrons. The highest BCUT2D eigenvalue weighted by Gasteiger charge is 2.24. The fraction of sp³-hybridized carbons (Fsp3) is 0.263. The van der Waals surface area contributed by atoms with Gasteiger partial charge in [-0.05, 0) is 18.2 Å². The van der Waals surface area contributed by atoms with Crippen LogP contribution in [0.4, 0.5) is 11.8 Å². The van der Waals surface area contributed by atoms with Crippen LogP contribution < -0.4 is 10.2 Å². The van der Waals surface area contributed by atoms with E-state index in [0.29, 0.717) is 50.2 Å². The molecule has 0 saturated carbocycles. The monoisotopic (exact) mass is 376 g/mol. The Morgan fingerprint density at radius 3 is 2.46 bits per heavy atom. The van der Waals surface area contributed by atoms with Crippen molar-refractivity contribution >= 4 is 17.7 Å². The van der Waals surface area contributed by atoms with Crippen molar-refractivity contribution in [2.45, 2.75) is 6.54 Å². The molecular weight excluding hydrogens is 356 g/mol. The van der Waals surface area contributed by atoms with Crippen LogP contribution in [0.25, 0.3) is 0 Å². The number of rotatable bonds is 5. The van der Waals surface area contributed by atoms with E-state index >= 15 is 0 Å². The van der Waals surface area contributed by atoms with E-state index in [0.717, 1.165) is 5.69 Å². The molecule has 1 aliphatic rings. The number of pyridine rings is 1. The van der Waals surface area contributed by atoms with Gasteiger partial charge in [-0.25, -0.2) is 19.9 Å². The number of hydrogen-bond donors (Lipinski definition) is 1. The average molecular weight is 376 g/mol. The van der Waals surface area contributed by atoms with E-state index in [1.807, 2.05) is 18.2 Å². The van der Waals surface area contributed by atoms with Crippen LogP contribution in [0.1, 0.15) is 16.2 Å². The Hall–Kier alpha value is -3.62. The van der Waals surface area contributed by atoms with E-state index in [4.69, 9.17) is 0 Å². The number of aromatic nitrogens is 5. The van der Waals surface area contributed by atoms with E-state index in [9.17, 15) is 4.79 Å². The highest BCUT2D eigenvalue weighted by molar-refractivity contribution is 5.93. The number of carbonyl (C=O) groups excluding carboxylic acids is 1. The molecule has 0 bridgehead atoms. The molecule has 0 spiro atoms. The van der Waals surface area contributed by atoms with Crippen LogP contribution in [0.3, 0.4) is 0 Å². The summed E-state index contributed by atoms with van der Waals surface area (Å²) in [5.41, 5.74) is 1.27. The Morgan fingerprint density at radius 1 is 0.929 bits per heavy atom. The summed E-state index contributed by atoms with van der Waals surface area (Å²) in [6.07, 6.45) is 6.59. The van der Waals surface area contributed by atoms with Crippen LogP contribution in [0.5, 0.6) is 0 Å². The van der Waals surface area contributed by atoms with Crippen molar-refractivity contribution in [3.63, 3.8) is 0 Å². The van der Waals surface area contributed by atoms with Gasteiger partial charge in [0.2, 0.25) is 5.95 Å². The van der Waals surface area contributed by atoms with Crippen LogP contribution in [-0.4, -0.2) is 61.9 Å². The molecule has 9 nitrogen and oxygen atoms in total. The first-order valence-electron chi connectivity index (χ1n) is 9.07. The number of carbonyl (C=O) groups is 1. The topological polar surface area (TPSA) is 100 Å². The molecular formula is C19H20N8O. The maximum absolute atomic E-state index is 12.8. The van der Waals surface area contributed by atoms with Crippen LogP contribution in [-0.2, 0) is 6.54 Å². The molecule has 1 amide bonds. The number of hydrogen-bond acceptors (Lipinski definition) is 8. The molecule has 0 unspecified atom stereocenters. The first-order chi connectivity index (χ1) is 13.8. The van der Waals surface area contributed by atoms with Crippen LogP contribution >= 0.6 is 0 Å². The summed E-state index contributed by atoms with van der Waals surface area (Å²) in [4.78, 5) is 37.8. The molecule has 4 rings (SSSR count). The van der Waals surface area contributed by atoms with Crippen LogP contribution in [0.15, 0.2) is 55.2 Å². The van der Waals surface area contributed by atoms with Crippen molar-refractivity contribution in [3.05, 3.63) is 66.6 Å². The standard InChI is InChI=1S/C19H20N8O/c28-18(26-8-10-27(11-9-26)19-21-6-3-7-22-19)16-12-17(25-14-24-16)23-13-15-4-1-2-5-20-15/h1-7,12,14H,8-11,13H2,(H,23,24,25). The fourth-order valence-electron chi connectivity index (χ4n) is 2.98. The predicted molar refractivity (Wildman–Crippen MR) is 104 cm³/mol. The third kappa shape index (κ3) is 4.20. The fourth-order valence-corrected chi connectivity index (χ4v) is 2.98. The maximum atomic E-state index is 12.8. The van der Waals surface area contributed by atoms with Gasteiger partial charge in [-0.15, -0.1) is 0 Å². The van der Waals surface area contributed by atoms with Crippen molar-refractivity contribution in [1.82, 2.24) is 29.8 Å². The molecule has 9 heteroatoms. The Labute approximate surface area is 162 Å². The molecule has 3 aromatic rings. The second-order valence-corrected chi connectivity index (χ2v) is 6.29. The second kappa shape index (κ2) is 8.38. The number of nitrogens with one attached hydrogen (secondary N) is 1. The summed E-state index contributed by atoms with van der Waals surface area (Å²) in [5, 5.41) is 3.18. The highest BCUT2D eigenvalue weighted by Crippen LogP contribution is 2.13. The Kier molecular flexibility index (Phi) is 5.32. The molecule has 0 aromatic carbocycles. The van der Waals surface area contributed by atoms with E-state index in [1.165, 1.54) is 6.33 Å². The smallest absolute Gasteiger partial charge is 0.272 e. The predicted octanol–water partition coefficient (Wildman–Crippen LogP) is 1.24. The van der Waals surface area contributed by atoms with Gasteiger partial charge in [0, 0.05) is 50.8 Å². The van der Waals surface area contributed by atoms with Crippen molar-refractivity contribution in [3.8, 4) is 0 Å². The molecule has 0 atom stereocenters. The first kappa shape index (κ1) is 17.8. The van der Waals surface area contributed by atoms with E-state index in [-0.39, 0.29) is 5.91 Å². The van der Waals surface area contributed by atoms with Gasteiger partial charge >= 0.3 is 0 Å². The van der Waals surface area contributed by atoms with Gasteiger partial charge in [-0.1, -0.05) is 6.07 Å². The van der Waals surface area contributed by atoms with Gasteiger partial charge in [0.05, 0.1) is 12.2 Å². The summed E-state index contributed by atoms with van der Waals surface area (Å²) in [6, 6.07) is 9.19. The second-order valence-electron chi connectivity index (χ2n) is 6.29. The summed E-state index contributed by atoms with van der Waals surface area (Å²) < 4.78 is 0. The number of anilines is 2. The van der Waals surface area contributed by atoms with Gasteiger partial charge in [0.1, 0.15) is 17.8 Å². The van der Waals surface area contributed by atoms with E-state index in [2.05, 4.69) is 35.1 Å². The minimum absolute atomic E-state index is 0.100. The average Bonchev–Trinajstić information content (AvgIpc) is 2.79. The molecule has 1 N–H and O–H groups in total. The third-order valence-corrected chi connectivity index (χ3v) is 4.46. The van der Waals surface area contributed by atoms with Gasteiger partial charge in [0.25, 0.3) is 5.91 Å². The number of piperazine rings is 1. The normalized spacial score (nSPS) is 14.0. The van der Waals surface area contributed by atoms with Gasteiger partial charge in [0.15, 0.2) is 0 Å². The van der Waals surface area contributed by atoms with Crippen molar-refractivity contribution in [1.29, 1.82) is 0 Å². The maximum Gasteiger partial charge on any atom is 0.272 e. The van der Waals surface area contributed by atoms with E-state index < -0.39 is 0 Å². The van der Waals surface area contributed by atoms with Gasteiger partial charge in [-0.2, -0.15) is 0 Å². The van der Waals surface area contributed by atoms with E-state index in [1.54, 1.807) is 35.6 Å². The third-order valence-electron chi connectivity index (χ3n) is 4.46. The van der Waals surface area contributed by atoms with Crippen molar-refractivity contribution in [2.24, 2.45) is 0 Å². The van der Waals surface area contributed by atoms with Gasteiger partial charge in [-0.3, -0.25) is 9.78 Å². The zero-order chi connectivity index (χ0) is 19.2. The molecule has 1 saturated heterocycles. The van der Waals surface area contributed by atoms with Gasteiger partial charge < -0.3 is 15.1 Å². The van der Waals surface area contributed by atoms with Crippen molar-refractivity contribution in [2.75, 3.05) is 36.4 Å². The Balaban J connectivity index is 1.36. The lowest BCUT2D eigenvalue weighted by atomic mass is 10.2. The zero-order valence-electron chi connectivity index (χ0n) is 15.3. The first-order valence-corrected chi connectivity index (χ1v) is 9.07. The molecule has 28 heavy (non-hydrogen) atoms. The summed E-state index contributed by atoms with van der Waals surface area (Å²) in [6.45, 7) is 3.09. The Morgan fingerprint density at radius 2 is 1.71 bits per heavy atom. The lowest BCUT2D eigenvalue weighted by Crippen LogP contribution is -2.49. The summed E-state index contributed by atoms with van der Waals surface area (Å²) >= 11 is 0. The zero-order valence-corrected chi connectivity index (χ0v) is 15.3. The minimum Gasteiger partial charge on any atom is -0.364 e. The van der Waals surface area contributed by atoms with Crippen molar-refractivity contribution < 1.29 is 4.79 Å². The summed E-state index contributed by atoms with van der Waals surface area (Å²) in [5.74, 6) is 1.19. The SMILES string of the molecule is O=C(c1cc(NCc2ccccn2)ncn1)N1CCN(c2ncccn2)CC1. The molecule has 4 heterocycles. The minimum atomic E-state index is -0.100. The lowest BCUT2D eigenvalue weighted by molar-refractivity contribution is 0.0740. The quantitative estimate of drug-likeness (QED) is 0.710. The molecule has 0 aliphatic carbocycles. The van der Waals surface area contributed by atoms with Crippen LogP contribution in [0.2, 0.25) is 0 Å². The Bertz CT molecular complexity index is 913. The summed E-state index contributed by atoms with van der Waals surface area (Å²) in [7, 11) is 0. The number of amides is 1. The highest BCUT2D eigenvalue weighted by atomic mass is 16.2. The largest absolute Gasteiger partial charge is 0.364 e. The number of nitrogens with zero attached hydrogens (tertiary/aromatic N) is 7. The molecule has 3 aromatic heterocycles. The lowest BCUT2D eigenvalue weighted by Gasteiger charge is -2.34. The molecule has 1 aliphatic heterocycles. The van der Waals surface area contributed by atoms with Crippen LogP contribution in [0, 0.1) is 0 Å².